The maximum atomic E-state index is 12.2. The number of rotatable bonds is 1. The molecule has 0 N–H and O–H groups in total. The van der Waals surface area contributed by atoms with Gasteiger partial charge in [0.25, 0.3) is 0 Å². The second-order valence-electron chi connectivity index (χ2n) is 7.12. The van der Waals surface area contributed by atoms with E-state index in [0.717, 1.165) is 19.5 Å². The Morgan fingerprint density at radius 3 is 2.38 bits per heavy atom. The second-order valence-corrected chi connectivity index (χ2v) is 7.12. The van der Waals surface area contributed by atoms with Crippen LogP contribution >= 0.6 is 0 Å². The summed E-state index contributed by atoms with van der Waals surface area (Å²) >= 11 is 0. The molecule has 3 fully saturated rings. The van der Waals surface area contributed by atoms with E-state index in [0.29, 0.717) is 12.1 Å². The molecule has 2 unspecified atom stereocenters. The van der Waals surface area contributed by atoms with Crippen LogP contribution in [0.3, 0.4) is 0 Å². The SMILES string of the molecule is Cc1ccccc1N1CC2CC(C1)N2C(=O)OC(C)(C)C. The van der Waals surface area contributed by atoms with Gasteiger partial charge in [-0.25, -0.2) is 4.79 Å². The lowest BCUT2D eigenvalue weighted by atomic mass is 9.87. The molecule has 0 saturated carbocycles. The molecule has 1 aromatic rings. The number of fused-ring (bicyclic) bond motifs is 2. The minimum atomic E-state index is -0.420. The number of ether oxygens (including phenoxy) is 1. The summed E-state index contributed by atoms with van der Waals surface area (Å²) in [5, 5.41) is 0. The predicted octanol–water partition coefficient (Wildman–Crippen LogP) is 3.19. The number of hydrogen-bond donors (Lipinski definition) is 0. The normalized spacial score (nSPS) is 24.6. The van der Waals surface area contributed by atoms with Crippen LogP contribution in [0, 0.1) is 6.92 Å². The molecule has 1 amide bonds. The van der Waals surface area contributed by atoms with Gasteiger partial charge in [-0.2, -0.15) is 0 Å². The number of hydrogen-bond acceptors (Lipinski definition) is 3. The fraction of sp³-hybridized carbons (Fsp3) is 0.588. The summed E-state index contributed by atoms with van der Waals surface area (Å²) in [4.78, 5) is 16.6. The Bertz CT molecular complexity index is 538. The topological polar surface area (TPSA) is 32.8 Å². The highest BCUT2D eigenvalue weighted by atomic mass is 16.6. The number of benzene rings is 1. The Balaban J connectivity index is 1.68. The van der Waals surface area contributed by atoms with Gasteiger partial charge in [-0.15, -0.1) is 0 Å². The minimum absolute atomic E-state index is 0.159. The number of carbonyl (C=O) groups excluding carboxylic acids is 1. The van der Waals surface area contributed by atoms with Crippen LogP contribution in [0.2, 0.25) is 0 Å². The number of aryl methyl sites for hydroxylation is 1. The maximum absolute atomic E-state index is 12.2. The first-order valence-electron chi connectivity index (χ1n) is 7.67. The van der Waals surface area contributed by atoms with E-state index in [1.54, 1.807) is 0 Å². The molecule has 0 radical (unpaired) electrons. The molecule has 3 aliphatic rings. The molecule has 2 bridgehead atoms. The van der Waals surface area contributed by atoms with Crippen molar-refractivity contribution in [3.05, 3.63) is 29.8 Å². The smallest absolute Gasteiger partial charge is 0.410 e. The van der Waals surface area contributed by atoms with E-state index >= 15 is 0 Å². The molecule has 21 heavy (non-hydrogen) atoms. The van der Waals surface area contributed by atoms with Gasteiger partial charge < -0.3 is 9.64 Å². The number of anilines is 1. The third-order valence-electron chi connectivity index (χ3n) is 4.25. The highest BCUT2D eigenvalue weighted by Crippen LogP contribution is 2.36. The van der Waals surface area contributed by atoms with Crippen LogP contribution in [-0.2, 0) is 4.74 Å². The van der Waals surface area contributed by atoms with Gasteiger partial charge in [-0.3, -0.25) is 4.90 Å². The number of piperidine rings is 1. The fourth-order valence-electron chi connectivity index (χ4n) is 3.34. The van der Waals surface area contributed by atoms with Crippen molar-refractivity contribution in [1.82, 2.24) is 4.90 Å². The molecule has 2 atom stereocenters. The summed E-state index contributed by atoms with van der Waals surface area (Å²) in [5.74, 6) is 0. The van der Waals surface area contributed by atoms with E-state index in [2.05, 4.69) is 36.1 Å². The van der Waals surface area contributed by atoms with Gasteiger partial charge in [-0.1, -0.05) is 18.2 Å². The van der Waals surface area contributed by atoms with Crippen molar-refractivity contribution in [3.63, 3.8) is 0 Å². The molecule has 3 heterocycles. The fourth-order valence-corrected chi connectivity index (χ4v) is 3.34. The van der Waals surface area contributed by atoms with Gasteiger partial charge in [0.1, 0.15) is 5.60 Å². The van der Waals surface area contributed by atoms with E-state index in [1.807, 2.05) is 25.7 Å². The summed E-state index contributed by atoms with van der Waals surface area (Å²) in [5.41, 5.74) is 2.16. The standard InChI is InChI=1S/C17H24N2O2/c1-12-7-5-6-8-15(12)18-10-13-9-14(11-18)19(13)16(20)21-17(2,3)4/h5-8,13-14H,9-11H2,1-4H3. The molecule has 114 valence electrons. The zero-order valence-corrected chi connectivity index (χ0v) is 13.3. The minimum Gasteiger partial charge on any atom is -0.444 e. The van der Waals surface area contributed by atoms with Crippen molar-refractivity contribution >= 4 is 11.8 Å². The van der Waals surface area contributed by atoms with Crippen molar-refractivity contribution in [2.75, 3.05) is 18.0 Å². The molecule has 1 aromatic carbocycles. The first-order chi connectivity index (χ1) is 9.85. The first-order valence-corrected chi connectivity index (χ1v) is 7.67. The molecule has 3 aliphatic heterocycles. The summed E-state index contributed by atoms with van der Waals surface area (Å²) in [6.45, 7) is 9.70. The van der Waals surface area contributed by atoms with Gasteiger partial charge in [0.05, 0.1) is 12.1 Å². The lowest BCUT2D eigenvalue weighted by molar-refractivity contribution is -0.0379. The zero-order chi connectivity index (χ0) is 15.2. The third-order valence-corrected chi connectivity index (χ3v) is 4.25. The lowest BCUT2D eigenvalue weighted by Gasteiger charge is -2.56. The van der Waals surface area contributed by atoms with Gasteiger partial charge in [-0.05, 0) is 45.7 Å². The second kappa shape index (κ2) is 4.93. The summed E-state index contributed by atoms with van der Waals surface area (Å²) < 4.78 is 5.51. The Labute approximate surface area is 126 Å². The third kappa shape index (κ3) is 2.71. The Kier molecular flexibility index (Phi) is 3.34. The molecule has 0 aromatic heterocycles. The molecular weight excluding hydrogens is 264 g/mol. The van der Waals surface area contributed by atoms with Gasteiger partial charge >= 0.3 is 6.09 Å². The van der Waals surface area contributed by atoms with Crippen LogP contribution in [0.15, 0.2) is 24.3 Å². The van der Waals surface area contributed by atoms with Crippen molar-refractivity contribution in [2.24, 2.45) is 0 Å². The van der Waals surface area contributed by atoms with Gasteiger partial charge in [0, 0.05) is 18.8 Å². The number of amides is 1. The van der Waals surface area contributed by atoms with Crippen LogP contribution in [-0.4, -0.2) is 41.8 Å². The number of piperazine rings is 1. The van der Waals surface area contributed by atoms with E-state index in [1.165, 1.54) is 11.3 Å². The van der Waals surface area contributed by atoms with Crippen LogP contribution in [0.25, 0.3) is 0 Å². The largest absolute Gasteiger partial charge is 0.444 e. The summed E-state index contributed by atoms with van der Waals surface area (Å²) in [6, 6.07) is 9.03. The highest BCUT2D eigenvalue weighted by Gasteiger charge is 2.48. The van der Waals surface area contributed by atoms with Crippen LogP contribution in [0.4, 0.5) is 10.5 Å². The highest BCUT2D eigenvalue weighted by molar-refractivity contribution is 5.71. The summed E-state index contributed by atoms with van der Waals surface area (Å²) in [7, 11) is 0. The predicted molar refractivity (Wildman–Crippen MR) is 83.7 cm³/mol. The molecule has 3 saturated heterocycles. The Hall–Kier alpha value is -1.71. The van der Waals surface area contributed by atoms with Crippen LogP contribution in [0.5, 0.6) is 0 Å². The molecule has 4 rings (SSSR count). The van der Waals surface area contributed by atoms with Gasteiger partial charge in [0.2, 0.25) is 0 Å². The molecule has 4 nitrogen and oxygen atoms in total. The van der Waals surface area contributed by atoms with Crippen molar-refractivity contribution < 1.29 is 9.53 Å². The van der Waals surface area contributed by atoms with E-state index in [4.69, 9.17) is 4.74 Å². The number of para-hydroxylation sites is 1. The lowest BCUT2D eigenvalue weighted by Crippen LogP contribution is -2.70. The zero-order valence-electron chi connectivity index (χ0n) is 13.3. The molecular formula is C17H24N2O2. The van der Waals surface area contributed by atoms with Crippen molar-refractivity contribution in [3.8, 4) is 0 Å². The maximum Gasteiger partial charge on any atom is 0.410 e. The Morgan fingerprint density at radius 2 is 1.81 bits per heavy atom. The average Bonchev–Trinajstić information content (AvgIpc) is 2.36. The van der Waals surface area contributed by atoms with E-state index in [9.17, 15) is 4.79 Å². The van der Waals surface area contributed by atoms with Gasteiger partial charge in [0.15, 0.2) is 0 Å². The average molecular weight is 288 g/mol. The monoisotopic (exact) mass is 288 g/mol. The molecule has 0 spiro atoms. The van der Waals surface area contributed by atoms with Crippen LogP contribution < -0.4 is 4.90 Å². The van der Waals surface area contributed by atoms with Crippen molar-refractivity contribution in [2.45, 2.75) is 51.8 Å². The first kappa shape index (κ1) is 14.2. The van der Waals surface area contributed by atoms with Crippen molar-refractivity contribution in [1.29, 1.82) is 0 Å². The Morgan fingerprint density at radius 1 is 1.19 bits per heavy atom. The number of nitrogens with zero attached hydrogens (tertiary/aromatic N) is 2. The molecule has 4 heteroatoms. The quantitative estimate of drug-likeness (QED) is 0.795. The van der Waals surface area contributed by atoms with Crippen LogP contribution in [0.1, 0.15) is 32.8 Å². The number of carbonyl (C=O) groups is 1. The van der Waals surface area contributed by atoms with E-state index in [-0.39, 0.29) is 6.09 Å². The summed E-state index contributed by atoms with van der Waals surface area (Å²) in [6.07, 6.45) is 0.940. The van der Waals surface area contributed by atoms with E-state index < -0.39 is 5.60 Å². The molecule has 0 aliphatic carbocycles.